The van der Waals surface area contributed by atoms with Gasteiger partial charge in [-0.1, -0.05) is 30.3 Å². The van der Waals surface area contributed by atoms with Gasteiger partial charge in [0.25, 0.3) is 0 Å². The third kappa shape index (κ3) is 3.96. The predicted molar refractivity (Wildman–Crippen MR) is 94.8 cm³/mol. The van der Waals surface area contributed by atoms with Crippen LogP contribution in [0.3, 0.4) is 0 Å². The molecular formula is C15H13Br2N3S. The van der Waals surface area contributed by atoms with Gasteiger partial charge in [-0.25, -0.2) is 0 Å². The molecule has 0 radical (unpaired) electrons. The maximum Gasteiger partial charge on any atom is 0.0843 e. The lowest BCUT2D eigenvalue weighted by molar-refractivity contribution is 0.687. The van der Waals surface area contributed by atoms with Gasteiger partial charge in [-0.15, -0.1) is 11.3 Å². The van der Waals surface area contributed by atoms with E-state index in [-0.39, 0.29) is 0 Å². The van der Waals surface area contributed by atoms with Gasteiger partial charge in [0, 0.05) is 22.1 Å². The highest BCUT2D eigenvalue weighted by atomic mass is 79.9. The molecule has 0 aliphatic rings. The number of hydrogen-bond donors (Lipinski definition) is 1. The number of benzene rings is 1. The summed E-state index contributed by atoms with van der Waals surface area (Å²) in [5, 5.41) is 7.78. The molecule has 0 unspecified atom stereocenters. The zero-order valence-electron chi connectivity index (χ0n) is 11.1. The fourth-order valence-electron chi connectivity index (χ4n) is 1.98. The highest BCUT2D eigenvalue weighted by Crippen LogP contribution is 2.32. The first-order valence-corrected chi connectivity index (χ1v) is 8.85. The molecule has 0 fully saturated rings. The van der Waals surface area contributed by atoms with Gasteiger partial charge < -0.3 is 5.32 Å². The minimum atomic E-state index is 0.790. The normalized spacial score (nSPS) is 10.8. The third-order valence-electron chi connectivity index (χ3n) is 2.98. The second kappa shape index (κ2) is 6.77. The fourth-order valence-corrected chi connectivity index (χ4v) is 4.10. The lowest BCUT2D eigenvalue weighted by Gasteiger charge is -2.02. The lowest BCUT2D eigenvalue weighted by Crippen LogP contribution is -2.00. The summed E-state index contributed by atoms with van der Waals surface area (Å²) in [6.07, 6.45) is 3.89. The molecule has 0 atom stereocenters. The number of thiophene rings is 1. The molecule has 3 nitrogen and oxygen atoms in total. The molecule has 21 heavy (non-hydrogen) atoms. The Balaban J connectivity index is 1.60. The van der Waals surface area contributed by atoms with Gasteiger partial charge in [0.15, 0.2) is 0 Å². The largest absolute Gasteiger partial charge is 0.378 e. The molecule has 0 spiro atoms. The Labute approximate surface area is 144 Å². The van der Waals surface area contributed by atoms with Crippen molar-refractivity contribution < 1.29 is 0 Å². The van der Waals surface area contributed by atoms with Gasteiger partial charge in [0.1, 0.15) is 0 Å². The molecule has 3 aromatic rings. The van der Waals surface area contributed by atoms with Crippen LogP contribution >= 0.6 is 43.2 Å². The molecule has 0 aliphatic carbocycles. The standard InChI is InChI=1S/C15H13Br2N3S/c16-14-6-13(21-15(14)17)8-18-12-7-19-20(10-12)9-11-4-2-1-3-5-11/h1-7,10,18H,8-9H2. The maximum absolute atomic E-state index is 4.39. The second-order valence-electron chi connectivity index (χ2n) is 4.60. The number of rotatable bonds is 5. The molecule has 1 aromatic carbocycles. The van der Waals surface area contributed by atoms with Crippen LogP contribution < -0.4 is 5.32 Å². The molecule has 3 rings (SSSR count). The molecule has 108 valence electrons. The van der Waals surface area contributed by atoms with E-state index >= 15 is 0 Å². The smallest absolute Gasteiger partial charge is 0.0843 e. The van der Waals surface area contributed by atoms with Crippen molar-refractivity contribution in [2.45, 2.75) is 13.1 Å². The Kier molecular flexibility index (Phi) is 4.77. The lowest BCUT2D eigenvalue weighted by atomic mass is 10.2. The molecule has 6 heteroatoms. The van der Waals surface area contributed by atoms with Crippen LogP contribution in [-0.2, 0) is 13.1 Å². The van der Waals surface area contributed by atoms with Crippen molar-refractivity contribution in [1.29, 1.82) is 0 Å². The minimum absolute atomic E-state index is 0.790. The monoisotopic (exact) mass is 425 g/mol. The average molecular weight is 427 g/mol. The Hall–Kier alpha value is -1.11. The molecule has 2 aromatic heterocycles. The number of nitrogens with zero attached hydrogens (tertiary/aromatic N) is 2. The number of nitrogens with one attached hydrogen (secondary N) is 1. The van der Waals surface area contributed by atoms with Gasteiger partial charge in [0.2, 0.25) is 0 Å². The summed E-state index contributed by atoms with van der Waals surface area (Å²) in [6.45, 7) is 1.59. The van der Waals surface area contributed by atoms with E-state index in [0.29, 0.717) is 0 Å². The predicted octanol–water partition coefficient (Wildman–Crippen LogP) is 5.13. The van der Waals surface area contributed by atoms with Crippen molar-refractivity contribution in [3.63, 3.8) is 0 Å². The summed E-state index contributed by atoms with van der Waals surface area (Å²) >= 11 is 8.74. The van der Waals surface area contributed by atoms with Crippen LogP contribution in [0.25, 0.3) is 0 Å². The average Bonchev–Trinajstić information content (AvgIpc) is 3.05. The minimum Gasteiger partial charge on any atom is -0.378 e. The van der Waals surface area contributed by atoms with E-state index in [1.165, 1.54) is 10.4 Å². The van der Waals surface area contributed by atoms with Crippen LogP contribution in [0.1, 0.15) is 10.4 Å². The van der Waals surface area contributed by atoms with Crippen molar-refractivity contribution in [2.75, 3.05) is 5.32 Å². The topological polar surface area (TPSA) is 29.9 Å². The van der Waals surface area contributed by atoms with Crippen LogP contribution in [0.15, 0.2) is 57.1 Å². The van der Waals surface area contributed by atoms with E-state index < -0.39 is 0 Å². The van der Waals surface area contributed by atoms with E-state index in [4.69, 9.17) is 0 Å². The summed E-state index contributed by atoms with van der Waals surface area (Å²) in [5.41, 5.74) is 2.28. The van der Waals surface area contributed by atoms with Crippen LogP contribution in [0, 0.1) is 0 Å². The molecular weight excluding hydrogens is 414 g/mol. The first-order valence-electron chi connectivity index (χ1n) is 6.44. The Bertz CT molecular complexity index is 702. The maximum atomic E-state index is 4.39. The highest BCUT2D eigenvalue weighted by molar-refractivity contribution is 9.13. The van der Waals surface area contributed by atoms with Gasteiger partial charge in [-0.2, -0.15) is 5.10 Å². The quantitative estimate of drug-likeness (QED) is 0.612. The molecule has 0 saturated heterocycles. The number of hydrogen-bond acceptors (Lipinski definition) is 3. The molecule has 0 amide bonds. The van der Waals surface area contributed by atoms with Crippen molar-refractivity contribution in [1.82, 2.24) is 9.78 Å². The van der Waals surface area contributed by atoms with Crippen molar-refractivity contribution in [2.24, 2.45) is 0 Å². The molecule has 0 saturated carbocycles. The molecule has 2 heterocycles. The van der Waals surface area contributed by atoms with E-state index in [2.05, 4.69) is 60.5 Å². The SMILES string of the molecule is Brc1cc(CNc2cnn(Cc3ccccc3)c2)sc1Br. The first-order chi connectivity index (χ1) is 10.2. The Morgan fingerprint density at radius 1 is 1.19 bits per heavy atom. The van der Waals surface area contributed by atoms with E-state index in [0.717, 1.165) is 27.0 Å². The van der Waals surface area contributed by atoms with E-state index in [9.17, 15) is 0 Å². The summed E-state index contributed by atoms with van der Waals surface area (Å²) in [7, 11) is 0. The van der Waals surface area contributed by atoms with Gasteiger partial charge in [-0.3, -0.25) is 4.68 Å². The second-order valence-corrected chi connectivity index (χ2v) is 7.91. The van der Waals surface area contributed by atoms with Crippen LogP contribution in [0.5, 0.6) is 0 Å². The number of halogens is 2. The van der Waals surface area contributed by atoms with Crippen molar-refractivity contribution >= 4 is 48.9 Å². The van der Waals surface area contributed by atoms with E-state index in [1.54, 1.807) is 11.3 Å². The van der Waals surface area contributed by atoms with Crippen molar-refractivity contribution in [3.8, 4) is 0 Å². The molecule has 1 N–H and O–H groups in total. The highest BCUT2D eigenvalue weighted by Gasteiger charge is 2.05. The summed E-state index contributed by atoms with van der Waals surface area (Å²) in [4.78, 5) is 1.27. The van der Waals surface area contributed by atoms with Crippen LogP contribution in [-0.4, -0.2) is 9.78 Å². The van der Waals surface area contributed by atoms with Gasteiger partial charge >= 0.3 is 0 Å². The Morgan fingerprint density at radius 3 is 2.71 bits per heavy atom. The Morgan fingerprint density at radius 2 is 2.00 bits per heavy atom. The van der Waals surface area contributed by atoms with Crippen LogP contribution in [0.4, 0.5) is 5.69 Å². The molecule has 0 aliphatic heterocycles. The van der Waals surface area contributed by atoms with Gasteiger partial charge in [0.05, 0.1) is 22.2 Å². The number of aromatic nitrogens is 2. The zero-order chi connectivity index (χ0) is 14.7. The van der Waals surface area contributed by atoms with Crippen LogP contribution in [0.2, 0.25) is 0 Å². The summed E-state index contributed by atoms with van der Waals surface area (Å²) < 4.78 is 4.17. The van der Waals surface area contributed by atoms with Gasteiger partial charge in [-0.05, 0) is 43.5 Å². The van der Waals surface area contributed by atoms with E-state index in [1.807, 2.05) is 35.3 Å². The summed E-state index contributed by atoms with van der Waals surface area (Å²) in [6, 6.07) is 12.5. The third-order valence-corrected chi connectivity index (χ3v) is 6.24. The molecule has 0 bridgehead atoms. The summed E-state index contributed by atoms with van der Waals surface area (Å²) in [5.74, 6) is 0. The zero-order valence-corrected chi connectivity index (χ0v) is 15.1. The van der Waals surface area contributed by atoms with Crippen molar-refractivity contribution in [3.05, 3.63) is 67.5 Å². The fraction of sp³-hybridized carbons (Fsp3) is 0.133. The number of anilines is 1. The first kappa shape index (κ1) is 14.8.